The van der Waals surface area contributed by atoms with Crippen LogP contribution in [0.5, 0.6) is 0 Å². The maximum atomic E-state index is 12.3. The number of fused-ring (bicyclic) bond motifs is 4. The first-order valence-corrected chi connectivity index (χ1v) is 8.69. The summed E-state index contributed by atoms with van der Waals surface area (Å²) < 4.78 is 5.38. The van der Waals surface area contributed by atoms with Crippen LogP contribution in [0.1, 0.15) is 50.0 Å². The molecule has 0 N–H and O–H groups in total. The predicted octanol–water partition coefficient (Wildman–Crippen LogP) is 2.59. The first-order chi connectivity index (χ1) is 10.2. The van der Waals surface area contributed by atoms with E-state index in [-0.39, 0.29) is 18.2 Å². The average molecular weight is 308 g/mol. The van der Waals surface area contributed by atoms with Gasteiger partial charge in [0.1, 0.15) is 5.69 Å². The van der Waals surface area contributed by atoms with Gasteiger partial charge in [0.15, 0.2) is 0 Å². The Balaban J connectivity index is 1.78. The quantitative estimate of drug-likeness (QED) is 0.629. The van der Waals surface area contributed by atoms with Gasteiger partial charge in [-0.05, 0) is 25.5 Å². The summed E-state index contributed by atoms with van der Waals surface area (Å²) in [5, 5.41) is 9.14. The maximum Gasteiger partial charge on any atom is 0.410 e. The summed E-state index contributed by atoms with van der Waals surface area (Å²) in [4.78, 5) is 18.7. The van der Waals surface area contributed by atoms with Crippen LogP contribution in [0.3, 0.4) is 0 Å². The molecule has 2 aliphatic heterocycles. The Morgan fingerprint density at radius 3 is 3.05 bits per heavy atom. The highest BCUT2D eigenvalue weighted by molar-refractivity contribution is 7.98. The number of carbonyl (C=O) groups is 1. The molecule has 1 aromatic rings. The van der Waals surface area contributed by atoms with Crippen molar-refractivity contribution in [2.24, 2.45) is 0 Å². The standard InChI is InChI=1S/C14H20N4O2S/c1-3-4-7-20-14(19)18-9-5-6-11(18)12-10(8-9)15-13(21-2)17-16-12/h9,11H,3-8H2,1-2H3. The molecule has 0 spiro atoms. The van der Waals surface area contributed by atoms with Gasteiger partial charge in [0, 0.05) is 12.5 Å². The van der Waals surface area contributed by atoms with Crippen LogP contribution < -0.4 is 0 Å². The zero-order valence-electron chi connectivity index (χ0n) is 12.4. The SMILES string of the molecule is CCCCOC(=O)N1C2CCC1c1nnc(SC)nc1C2. The molecule has 114 valence electrons. The van der Waals surface area contributed by atoms with E-state index in [9.17, 15) is 4.79 Å². The van der Waals surface area contributed by atoms with Crippen LogP contribution in [0.2, 0.25) is 0 Å². The van der Waals surface area contributed by atoms with Crippen molar-refractivity contribution in [1.29, 1.82) is 0 Å². The lowest BCUT2D eigenvalue weighted by atomic mass is 10.0. The van der Waals surface area contributed by atoms with Crippen molar-refractivity contribution < 1.29 is 9.53 Å². The van der Waals surface area contributed by atoms with Gasteiger partial charge in [-0.15, -0.1) is 10.2 Å². The molecule has 2 aliphatic rings. The highest BCUT2D eigenvalue weighted by Crippen LogP contribution is 2.42. The molecule has 1 amide bonds. The van der Waals surface area contributed by atoms with E-state index in [0.29, 0.717) is 11.8 Å². The molecule has 0 radical (unpaired) electrons. The highest BCUT2D eigenvalue weighted by atomic mass is 32.2. The lowest BCUT2D eigenvalue weighted by molar-refractivity contribution is 0.0770. The summed E-state index contributed by atoms with van der Waals surface area (Å²) in [7, 11) is 0. The number of carbonyl (C=O) groups excluding carboxylic acids is 1. The van der Waals surface area contributed by atoms with E-state index >= 15 is 0 Å². The van der Waals surface area contributed by atoms with Crippen LogP contribution in [0.4, 0.5) is 4.79 Å². The van der Waals surface area contributed by atoms with Gasteiger partial charge in [-0.1, -0.05) is 25.1 Å². The third-order valence-corrected chi connectivity index (χ3v) is 4.67. The first-order valence-electron chi connectivity index (χ1n) is 7.47. The van der Waals surface area contributed by atoms with Crippen molar-refractivity contribution in [2.75, 3.05) is 12.9 Å². The number of aromatic nitrogens is 3. The number of ether oxygens (including phenoxy) is 1. The number of thioether (sulfide) groups is 1. The molecule has 0 saturated carbocycles. The van der Waals surface area contributed by atoms with Crippen LogP contribution in [0.25, 0.3) is 0 Å². The largest absolute Gasteiger partial charge is 0.449 e. The minimum absolute atomic E-state index is 0.0104. The molecule has 1 aromatic heterocycles. The minimum Gasteiger partial charge on any atom is -0.449 e. The number of amides is 1. The number of hydrogen-bond donors (Lipinski definition) is 0. The summed E-state index contributed by atoms with van der Waals surface area (Å²) >= 11 is 1.50. The van der Waals surface area contributed by atoms with Crippen LogP contribution in [0.15, 0.2) is 5.16 Å². The number of nitrogens with zero attached hydrogens (tertiary/aromatic N) is 4. The molecular weight excluding hydrogens is 288 g/mol. The first kappa shape index (κ1) is 14.6. The van der Waals surface area contributed by atoms with Crippen molar-refractivity contribution in [3.05, 3.63) is 11.4 Å². The Bertz CT molecular complexity index is 540. The fraction of sp³-hybridized carbons (Fsp3) is 0.714. The molecule has 1 fully saturated rings. The van der Waals surface area contributed by atoms with Gasteiger partial charge in [0.05, 0.1) is 18.3 Å². The van der Waals surface area contributed by atoms with Crippen LogP contribution in [0, 0.1) is 0 Å². The second-order valence-electron chi connectivity index (χ2n) is 5.46. The molecule has 3 rings (SSSR count). The normalized spacial score (nSPS) is 23.0. The Morgan fingerprint density at radius 2 is 2.29 bits per heavy atom. The van der Waals surface area contributed by atoms with Crippen LogP contribution in [-0.2, 0) is 11.2 Å². The topological polar surface area (TPSA) is 68.2 Å². The van der Waals surface area contributed by atoms with Gasteiger partial charge >= 0.3 is 6.09 Å². The fourth-order valence-electron chi connectivity index (χ4n) is 3.07. The molecule has 1 saturated heterocycles. The monoisotopic (exact) mass is 308 g/mol. The molecule has 2 unspecified atom stereocenters. The van der Waals surface area contributed by atoms with Crippen molar-refractivity contribution in [1.82, 2.24) is 20.1 Å². The summed E-state index contributed by atoms with van der Waals surface area (Å²) in [6.45, 7) is 2.58. The van der Waals surface area contributed by atoms with Gasteiger partial charge in [0.25, 0.3) is 0 Å². The average Bonchev–Trinajstić information content (AvgIpc) is 2.82. The van der Waals surface area contributed by atoms with Gasteiger partial charge in [0.2, 0.25) is 5.16 Å². The molecular formula is C14H20N4O2S. The molecule has 0 aliphatic carbocycles. The van der Waals surface area contributed by atoms with Crippen molar-refractivity contribution in [3.63, 3.8) is 0 Å². The molecule has 7 heteroatoms. The second-order valence-corrected chi connectivity index (χ2v) is 6.23. The van der Waals surface area contributed by atoms with Crippen molar-refractivity contribution in [2.45, 2.75) is 56.3 Å². The van der Waals surface area contributed by atoms with E-state index in [2.05, 4.69) is 22.1 Å². The smallest absolute Gasteiger partial charge is 0.410 e. The van der Waals surface area contributed by atoms with Crippen molar-refractivity contribution >= 4 is 17.9 Å². The Kier molecular flexibility index (Phi) is 4.28. The van der Waals surface area contributed by atoms with E-state index in [1.807, 2.05) is 11.2 Å². The number of hydrogen-bond acceptors (Lipinski definition) is 6. The van der Waals surface area contributed by atoms with E-state index in [4.69, 9.17) is 4.74 Å². The Hall–Kier alpha value is -1.37. The van der Waals surface area contributed by atoms with Gasteiger partial charge in [-0.25, -0.2) is 9.78 Å². The summed E-state index contributed by atoms with van der Waals surface area (Å²) in [5.41, 5.74) is 1.86. The Morgan fingerprint density at radius 1 is 1.43 bits per heavy atom. The lowest BCUT2D eigenvalue weighted by Gasteiger charge is -2.33. The zero-order chi connectivity index (χ0) is 14.8. The molecule has 2 bridgehead atoms. The summed E-state index contributed by atoms with van der Waals surface area (Å²) in [6, 6.07) is 0.187. The molecule has 0 aromatic carbocycles. The molecule has 6 nitrogen and oxygen atoms in total. The molecule has 3 heterocycles. The number of unbranched alkanes of at least 4 members (excludes halogenated alkanes) is 1. The van der Waals surface area contributed by atoms with E-state index < -0.39 is 0 Å². The van der Waals surface area contributed by atoms with E-state index in [0.717, 1.165) is 43.5 Å². The van der Waals surface area contributed by atoms with E-state index in [1.165, 1.54) is 11.8 Å². The predicted molar refractivity (Wildman–Crippen MR) is 79.2 cm³/mol. The van der Waals surface area contributed by atoms with Gasteiger partial charge < -0.3 is 4.74 Å². The third-order valence-electron chi connectivity index (χ3n) is 4.13. The lowest BCUT2D eigenvalue weighted by Crippen LogP contribution is -2.43. The minimum atomic E-state index is -0.211. The van der Waals surface area contributed by atoms with Crippen LogP contribution >= 0.6 is 11.8 Å². The Labute approximate surface area is 128 Å². The maximum absolute atomic E-state index is 12.3. The highest BCUT2D eigenvalue weighted by Gasteiger charge is 2.45. The van der Waals surface area contributed by atoms with E-state index in [1.54, 1.807) is 0 Å². The summed E-state index contributed by atoms with van der Waals surface area (Å²) in [6.07, 6.45) is 6.34. The number of rotatable bonds is 4. The zero-order valence-corrected chi connectivity index (χ0v) is 13.2. The summed E-state index contributed by atoms with van der Waals surface area (Å²) in [5.74, 6) is 0. The molecule has 2 atom stereocenters. The third kappa shape index (κ3) is 2.71. The van der Waals surface area contributed by atoms with Gasteiger partial charge in [-0.3, -0.25) is 4.90 Å². The molecule has 21 heavy (non-hydrogen) atoms. The van der Waals surface area contributed by atoms with Crippen LogP contribution in [-0.4, -0.2) is 45.1 Å². The fourth-order valence-corrected chi connectivity index (χ4v) is 3.40. The van der Waals surface area contributed by atoms with Crippen molar-refractivity contribution in [3.8, 4) is 0 Å². The second kappa shape index (κ2) is 6.17. The van der Waals surface area contributed by atoms with Gasteiger partial charge in [-0.2, -0.15) is 0 Å².